The van der Waals surface area contributed by atoms with Crippen LogP contribution in [-0.4, -0.2) is 61.2 Å². The van der Waals surface area contributed by atoms with Crippen LogP contribution in [0.1, 0.15) is 30.2 Å². The quantitative estimate of drug-likeness (QED) is 0.767. The van der Waals surface area contributed by atoms with Gasteiger partial charge in [0.2, 0.25) is 11.8 Å². The first-order valence-electron chi connectivity index (χ1n) is 8.86. The van der Waals surface area contributed by atoms with Gasteiger partial charge in [0.05, 0.1) is 25.5 Å². The number of halogens is 2. The lowest BCUT2D eigenvalue weighted by atomic mass is 9.96. The van der Waals surface area contributed by atoms with Gasteiger partial charge in [0.1, 0.15) is 11.8 Å². The highest BCUT2D eigenvalue weighted by atomic mass is 35.5. The number of hydrogen-bond acceptors (Lipinski definition) is 6. The summed E-state index contributed by atoms with van der Waals surface area (Å²) in [5.74, 6) is 2.31. The molecule has 0 bridgehead atoms. The van der Waals surface area contributed by atoms with Crippen LogP contribution >= 0.6 is 24.8 Å². The molecule has 2 saturated heterocycles. The number of rotatable bonds is 5. The Morgan fingerprint density at radius 2 is 2.04 bits per heavy atom. The maximum absolute atomic E-state index is 12.1. The molecule has 0 aromatic carbocycles. The lowest BCUT2D eigenvalue weighted by molar-refractivity contribution is -0.126. The van der Waals surface area contributed by atoms with E-state index in [-0.39, 0.29) is 36.8 Å². The first-order valence-corrected chi connectivity index (χ1v) is 8.86. The summed E-state index contributed by atoms with van der Waals surface area (Å²) in [6.45, 7) is 9.40. The van der Waals surface area contributed by atoms with E-state index in [1.165, 1.54) is 0 Å². The van der Waals surface area contributed by atoms with Gasteiger partial charge < -0.3 is 19.8 Å². The highest BCUT2D eigenvalue weighted by molar-refractivity contribution is 5.85. The van der Waals surface area contributed by atoms with Crippen molar-refractivity contribution in [2.45, 2.75) is 39.3 Å². The normalized spacial score (nSPS) is 21.5. The summed E-state index contributed by atoms with van der Waals surface area (Å²) in [6.07, 6.45) is 2.18. The van der Waals surface area contributed by atoms with Crippen LogP contribution < -0.4 is 10.6 Å². The second-order valence-corrected chi connectivity index (χ2v) is 6.80. The fourth-order valence-corrected chi connectivity index (χ4v) is 3.25. The molecule has 1 aromatic rings. The van der Waals surface area contributed by atoms with E-state index in [1.54, 1.807) is 0 Å². The van der Waals surface area contributed by atoms with Crippen molar-refractivity contribution in [3.8, 4) is 0 Å². The maximum atomic E-state index is 12.1. The van der Waals surface area contributed by atoms with E-state index in [2.05, 4.69) is 20.5 Å². The summed E-state index contributed by atoms with van der Waals surface area (Å²) in [5, 5.41) is 6.25. The van der Waals surface area contributed by atoms with E-state index in [0.717, 1.165) is 62.9 Å². The lowest BCUT2D eigenvalue weighted by Crippen LogP contribution is -2.52. The molecule has 0 aliphatic carbocycles. The first-order chi connectivity index (χ1) is 11.6. The third-order valence-corrected chi connectivity index (χ3v) is 4.94. The van der Waals surface area contributed by atoms with Gasteiger partial charge in [-0.3, -0.25) is 9.69 Å². The number of carbonyl (C=O) groups is 1. The topological polar surface area (TPSA) is 79.6 Å². The minimum Gasteiger partial charge on any atom is -0.444 e. The zero-order valence-electron chi connectivity index (χ0n) is 15.5. The standard InChI is InChI=1S/C17H28N4O3.2ClH/c1-12-13(2)24-16(20-12)10-21-6-3-14(4-7-21)9-19-17(22)15-11-23-8-5-18-15;;/h14-15,18H,3-11H2,1-2H3,(H,19,22);2*1H. The molecule has 0 spiro atoms. The molecule has 2 N–H and O–H groups in total. The van der Waals surface area contributed by atoms with Crippen molar-refractivity contribution in [1.82, 2.24) is 20.5 Å². The Morgan fingerprint density at radius 1 is 1.31 bits per heavy atom. The van der Waals surface area contributed by atoms with Crippen LogP contribution in [0.4, 0.5) is 0 Å². The smallest absolute Gasteiger partial charge is 0.239 e. The van der Waals surface area contributed by atoms with Crippen LogP contribution in [0.25, 0.3) is 0 Å². The van der Waals surface area contributed by atoms with Crippen molar-refractivity contribution in [1.29, 1.82) is 0 Å². The van der Waals surface area contributed by atoms with Gasteiger partial charge in [-0.2, -0.15) is 0 Å². The first kappa shape index (κ1) is 23.2. The van der Waals surface area contributed by atoms with Crippen molar-refractivity contribution in [2.75, 3.05) is 39.4 Å². The molecule has 2 aliphatic rings. The number of likely N-dealkylation sites (tertiary alicyclic amines) is 1. The number of nitrogens with zero attached hydrogens (tertiary/aromatic N) is 2. The van der Waals surface area contributed by atoms with E-state index in [1.807, 2.05) is 13.8 Å². The number of piperidine rings is 1. The Labute approximate surface area is 167 Å². The van der Waals surface area contributed by atoms with Crippen LogP contribution in [-0.2, 0) is 16.1 Å². The molecule has 1 atom stereocenters. The molecule has 7 nitrogen and oxygen atoms in total. The largest absolute Gasteiger partial charge is 0.444 e. The molecule has 3 rings (SSSR count). The van der Waals surface area contributed by atoms with Crippen molar-refractivity contribution in [3.05, 3.63) is 17.3 Å². The molecule has 150 valence electrons. The summed E-state index contributed by atoms with van der Waals surface area (Å²) in [4.78, 5) is 18.9. The van der Waals surface area contributed by atoms with Gasteiger partial charge in [0, 0.05) is 13.1 Å². The number of oxazole rings is 1. The average molecular weight is 409 g/mol. The molecule has 2 fully saturated rings. The number of aryl methyl sites for hydroxylation is 2. The zero-order valence-corrected chi connectivity index (χ0v) is 17.1. The fourth-order valence-electron chi connectivity index (χ4n) is 3.25. The minimum atomic E-state index is -0.199. The van der Waals surface area contributed by atoms with Gasteiger partial charge in [-0.25, -0.2) is 4.98 Å². The van der Waals surface area contributed by atoms with Crippen molar-refractivity contribution in [2.24, 2.45) is 5.92 Å². The van der Waals surface area contributed by atoms with Gasteiger partial charge in [-0.15, -0.1) is 24.8 Å². The van der Waals surface area contributed by atoms with Gasteiger partial charge in [0.15, 0.2) is 0 Å². The molecule has 1 unspecified atom stereocenters. The predicted octanol–water partition coefficient (Wildman–Crippen LogP) is 1.45. The molecule has 1 amide bonds. The van der Waals surface area contributed by atoms with Gasteiger partial charge >= 0.3 is 0 Å². The number of ether oxygens (including phenoxy) is 1. The Bertz CT molecular complexity index is 537. The summed E-state index contributed by atoms with van der Waals surface area (Å²) < 4.78 is 11.0. The number of hydrogen-bond donors (Lipinski definition) is 2. The molecular formula is C17H30Cl2N4O3. The molecular weight excluding hydrogens is 379 g/mol. The summed E-state index contributed by atoms with van der Waals surface area (Å²) in [5.41, 5.74) is 0.975. The van der Waals surface area contributed by atoms with Crippen LogP contribution in [0.5, 0.6) is 0 Å². The monoisotopic (exact) mass is 408 g/mol. The van der Waals surface area contributed by atoms with E-state index < -0.39 is 0 Å². The second kappa shape index (κ2) is 11.1. The van der Waals surface area contributed by atoms with Gasteiger partial charge in [-0.1, -0.05) is 0 Å². The lowest BCUT2D eigenvalue weighted by Gasteiger charge is -2.31. The summed E-state index contributed by atoms with van der Waals surface area (Å²) >= 11 is 0. The predicted molar refractivity (Wildman–Crippen MR) is 104 cm³/mol. The Morgan fingerprint density at radius 3 is 2.62 bits per heavy atom. The number of amides is 1. The Hall–Kier alpha value is -0.860. The average Bonchev–Trinajstić information content (AvgIpc) is 2.92. The van der Waals surface area contributed by atoms with Gasteiger partial charge in [0.25, 0.3) is 0 Å². The second-order valence-electron chi connectivity index (χ2n) is 6.80. The third kappa shape index (κ3) is 6.39. The molecule has 26 heavy (non-hydrogen) atoms. The zero-order chi connectivity index (χ0) is 16.9. The van der Waals surface area contributed by atoms with E-state index in [4.69, 9.17) is 9.15 Å². The van der Waals surface area contributed by atoms with Crippen LogP contribution in [0.2, 0.25) is 0 Å². The van der Waals surface area contributed by atoms with Crippen LogP contribution in [0.3, 0.4) is 0 Å². The molecule has 0 saturated carbocycles. The number of carbonyl (C=O) groups excluding carboxylic acids is 1. The van der Waals surface area contributed by atoms with E-state index in [9.17, 15) is 4.79 Å². The van der Waals surface area contributed by atoms with Crippen molar-refractivity contribution >= 4 is 30.7 Å². The molecule has 1 aromatic heterocycles. The number of aromatic nitrogens is 1. The molecule has 2 aliphatic heterocycles. The third-order valence-electron chi connectivity index (χ3n) is 4.94. The van der Waals surface area contributed by atoms with E-state index in [0.29, 0.717) is 19.1 Å². The summed E-state index contributed by atoms with van der Waals surface area (Å²) in [6, 6.07) is -0.199. The van der Waals surface area contributed by atoms with Crippen LogP contribution in [0, 0.1) is 19.8 Å². The van der Waals surface area contributed by atoms with Crippen LogP contribution in [0.15, 0.2) is 4.42 Å². The Kier molecular flexibility index (Phi) is 9.89. The van der Waals surface area contributed by atoms with Gasteiger partial charge in [-0.05, 0) is 45.7 Å². The highest BCUT2D eigenvalue weighted by Crippen LogP contribution is 2.19. The number of nitrogens with one attached hydrogen (secondary N) is 2. The summed E-state index contributed by atoms with van der Waals surface area (Å²) in [7, 11) is 0. The number of morpholine rings is 1. The van der Waals surface area contributed by atoms with Crippen molar-refractivity contribution < 1.29 is 13.9 Å². The highest BCUT2D eigenvalue weighted by Gasteiger charge is 2.24. The fraction of sp³-hybridized carbons (Fsp3) is 0.765. The molecule has 3 heterocycles. The maximum Gasteiger partial charge on any atom is 0.239 e. The molecule has 9 heteroatoms. The Balaban J connectivity index is 0.00000169. The SMILES string of the molecule is Cc1nc(CN2CCC(CNC(=O)C3COCCN3)CC2)oc1C.Cl.Cl. The minimum absolute atomic E-state index is 0. The molecule has 0 radical (unpaired) electrons. The van der Waals surface area contributed by atoms with E-state index >= 15 is 0 Å². The van der Waals surface area contributed by atoms with Crippen molar-refractivity contribution in [3.63, 3.8) is 0 Å².